The number of carbonyl (C=O) groups is 1. The predicted molar refractivity (Wildman–Crippen MR) is 103 cm³/mol. The molecular formula is C21H22N4O2. The van der Waals surface area contributed by atoms with Crippen LogP contribution in [0.4, 0.5) is 0 Å². The molecule has 3 heterocycles. The number of aromatic nitrogens is 3. The Bertz CT molecular complexity index is 927. The minimum absolute atomic E-state index is 0.137. The Morgan fingerprint density at radius 1 is 1.22 bits per heavy atom. The average Bonchev–Trinajstić information content (AvgIpc) is 3.35. The first-order valence-corrected chi connectivity index (χ1v) is 9.29. The summed E-state index contributed by atoms with van der Waals surface area (Å²) in [6, 6.07) is 7.60. The molecule has 0 saturated carbocycles. The van der Waals surface area contributed by atoms with Gasteiger partial charge in [0.1, 0.15) is 5.76 Å². The van der Waals surface area contributed by atoms with Crippen molar-refractivity contribution in [3.05, 3.63) is 66.0 Å². The molecule has 1 amide bonds. The molecule has 0 unspecified atom stereocenters. The maximum atomic E-state index is 12.0. The lowest BCUT2D eigenvalue weighted by molar-refractivity contribution is -0.116. The van der Waals surface area contributed by atoms with Gasteiger partial charge in [-0.1, -0.05) is 0 Å². The summed E-state index contributed by atoms with van der Waals surface area (Å²) in [6.07, 6.45) is 12.8. The molecule has 0 fully saturated rings. The standard InChI is InChI=1S/C21H22N4O2/c26-20(8-7-17-4-3-15-27-17)23-13-14-25-19-6-2-1-5-18(19)21(24-25)16-9-11-22-12-10-16/h3-4,7-12,15H,1-2,5-6,13-14H2,(H,23,26). The highest BCUT2D eigenvalue weighted by Crippen LogP contribution is 2.30. The third-order valence-corrected chi connectivity index (χ3v) is 4.78. The Labute approximate surface area is 157 Å². The van der Waals surface area contributed by atoms with E-state index in [0.29, 0.717) is 18.8 Å². The molecule has 4 rings (SSSR count). The van der Waals surface area contributed by atoms with Gasteiger partial charge in [0.15, 0.2) is 0 Å². The molecule has 0 aliphatic heterocycles. The first-order chi connectivity index (χ1) is 13.3. The Morgan fingerprint density at radius 2 is 2.07 bits per heavy atom. The summed E-state index contributed by atoms with van der Waals surface area (Å²) in [5.74, 6) is 0.523. The van der Waals surface area contributed by atoms with E-state index >= 15 is 0 Å². The molecule has 3 aromatic rings. The largest absolute Gasteiger partial charge is 0.465 e. The lowest BCUT2D eigenvalue weighted by Gasteiger charge is -2.14. The molecule has 0 radical (unpaired) electrons. The molecule has 1 aliphatic carbocycles. The van der Waals surface area contributed by atoms with Crippen LogP contribution < -0.4 is 5.32 Å². The van der Waals surface area contributed by atoms with Crippen molar-refractivity contribution in [2.45, 2.75) is 32.2 Å². The first kappa shape index (κ1) is 17.3. The van der Waals surface area contributed by atoms with Gasteiger partial charge in [0, 0.05) is 41.8 Å². The number of amides is 1. The molecule has 0 atom stereocenters. The van der Waals surface area contributed by atoms with Crippen molar-refractivity contribution in [3.8, 4) is 11.3 Å². The number of furan rings is 1. The summed E-state index contributed by atoms with van der Waals surface area (Å²) in [4.78, 5) is 16.1. The van der Waals surface area contributed by atoms with E-state index in [1.54, 1.807) is 36.9 Å². The molecule has 3 aromatic heterocycles. The van der Waals surface area contributed by atoms with Crippen LogP contribution in [-0.4, -0.2) is 27.2 Å². The van der Waals surface area contributed by atoms with Crippen molar-refractivity contribution in [2.75, 3.05) is 6.54 Å². The Kier molecular flexibility index (Phi) is 5.14. The number of nitrogens with zero attached hydrogens (tertiary/aromatic N) is 3. The van der Waals surface area contributed by atoms with Crippen LogP contribution in [0.3, 0.4) is 0 Å². The minimum Gasteiger partial charge on any atom is -0.465 e. The van der Waals surface area contributed by atoms with Crippen molar-refractivity contribution < 1.29 is 9.21 Å². The monoisotopic (exact) mass is 362 g/mol. The quantitative estimate of drug-likeness (QED) is 0.683. The Balaban J connectivity index is 1.43. The zero-order valence-electron chi connectivity index (χ0n) is 15.1. The van der Waals surface area contributed by atoms with E-state index in [-0.39, 0.29) is 5.91 Å². The summed E-state index contributed by atoms with van der Waals surface area (Å²) < 4.78 is 7.24. The molecule has 27 heavy (non-hydrogen) atoms. The molecular weight excluding hydrogens is 340 g/mol. The topological polar surface area (TPSA) is 73.0 Å². The molecule has 0 saturated heterocycles. The predicted octanol–water partition coefficient (Wildman–Crippen LogP) is 3.25. The molecule has 1 aliphatic rings. The molecule has 6 nitrogen and oxygen atoms in total. The number of nitrogens with one attached hydrogen (secondary N) is 1. The first-order valence-electron chi connectivity index (χ1n) is 9.29. The summed E-state index contributed by atoms with van der Waals surface area (Å²) in [6.45, 7) is 1.19. The van der Waals surface area contributed by atoms with Crippen LogP contribution in [0.2, 0.25) is 0 Å². The maximum absolute atomic E-state index is 12.0. The molecule has 1 N–H and O–H groups in total. The molecule has 6 heteroatoms. The van der Waals surface area contributed by atoms with E-state index < -0.39 is 0 Å². The number of hydrogen-bond donors (Lipinski definition) is 1. The zero-order valence-corrected chi connectivity index (χ0v) is 15.1. The van der Waals surface area contributed by atoms with Gasteiger partial charge in [-0.3, -0.25) is 14.5 Å². The second kappa shape index (κ2) is 8.03. The fourth-order valence-electron chi connectivity index (χ4n) is 3.49. The fourth-order valence-corrected chi connectivity index (χ4v) is 3.49. The number of rotatable bonds is 6. The summed E-state index contributed by atoms with van der Waals surface area (Å²) in [5, 5.41) is 7.76. The van der Waals surface area contributed by atoms with Gasteiger partial charge in [0.2, 0.25) is 5.91 Å². The molecule has 0 aromatic carbocycles. The van der Waals surface area contributed by atoms with Crippen molar-refractivity contribution in [1.82, 2.24) is 20.1 Å². The number of carbonyl (C=O) groups excluding carboxylic acids is 1. The molecule has 0 bridgehead atoms. The average molecular weight is 362 g/mol. The molecule has 0 spiro atoms. The Morgan fingerprint density at radius 3 is 2.89 bits per heavy atom. The van der Waals surface area contributed by atoms with E-state index in [4.69, 9.17) is 9.52 Å². The summed E-state index contributed by atoms with van der Waals surface area (Å²) in [7, 11) is 0. The van der Waals surface area contributed by atoms with Gasteiger partial charge in [-0.2, -0.15) is 5.10 Å². The maximum Gasteiger partial charge on any atom is 0.244 e. The van der Waals surface area contributed by atoms with Crippen LogP contribution in [0.15, 0.2) is 53.4 Å². The van der Waals surface area contributed by atoms with Gasteiger partial charge in [0.05, 0.1) is 18.5 Å². The third-order valence-electron chi connectivity index (χ3n) is 4.78. The van der Waals surface area contributed by atoms with E-state index in [1.807, 2.05) is 12.1 Å². The highest BCUT2D eigenvalue weighted by atomic mass is 16.3. The minimum atomic E-state index is -0.137. The van der Waals surface area contributed by atoms with Crippen LogP contribution in [0.1, 0.15) is 29.9 Å². The molecule has 138 valence electrons. The summed E-state index contributed by atoms with van der Waals surface area (Å²) in [5.41, 5.74) is 4.80. The Hall–Kier alpha value is -3.15. The van der Waals surface area contributed by atoms with Crippen LogP contribution in [0, 0.1) is 0 Å². The van der Waals surface area contributed by atoms with Crippen molar-refractivity contribution in [3.63, 3.8) is 0 Å². The second-order valence-electron chi connectivity index (χ2n) is 6.58. The van der Waals surface area contributed by atoms with Crippen LogP contribution in [0.25, 0.3) is 17.3 Å². The van der Waals surface area contributed by atoms with Crippen LogP contribution in [-0.2, 0) is 24.2 Å². The number of fused-ring (bicyclic) bond motifs is 1. The van der Waals surface area contributed by atoms with Crippen molar-refractivity contribution >= 4 is 12.0 Å². The van der Waals surface area contributed by atoms with Gasteiger partial charge >= 0.3 is 0 Å². The van der Waals surface area contributed by atoms with Gasteiger partial charge < -0.3 is 9.73 Å². The van der Waals surface area contributed by atoms with Crippen molar-refractivity contribution in [2.24, 2.45) is 0 Å². The van der Waals surface area contributed by atoms with Gasteiger partial charge in [-0.25, -0.2) is 0 Å². The van der Waals surface area contributed by atoms with Crippen molar-refractivity contribution in [1.29, 1.82) is 0 Å². The zero-order chi connectivity index (χ0) is 18.5. The lowest BCUT2D eigenvalue weighted by atomic mass is 9.94. The number of pyridine rings is 1. The van der Waals surface area contributed by atoms with Gasteiger partial charge in [-0.15, -0.1) is 0 Å². The highest BCUT2D eigenvalue weighted by molar-refractivity contribution is 5.91. The van der Waals surface area contributed by atoms with E-state index in [1.165, 1.54) is 30.2 Å². The van der Waals surface area contributed by atoms with Gasteiger partial charge in [-0.05, 0) is 56.0 Å². The van der Waals surface area contributed by atoms with Crippen LogP contribution in [0.5, 0.6) is 0 Å². The van der Waals surface area contributed by atoms with E-state index in [2.05, 4.69) is 15.0 Å². The lowest BCUT2D eigenvalue weighted by Crippen LogP contribution is -2.26. The normalized spacial score (nSPS) is 13.6. The number of hydrogen-bond acceptors (Lipinski definition) is 4. The van der Waals surface area contributed by atoms with Gasteiger partial charge in [0.25, 0.3) is 0 Å². The highest BCUT2D eigenvalue weighted by Gasteiger charge is 2.21. The van der Waals surface area contributed by atoms with E-state index in [0.717, 1.165) is 24.1 Å². The second-order valence-corrected chi connectivity index (χ2v) is 6.58. The van der Waals surface area contributed by atoms with Crippen LogP contribution >= 0.6 is 0 Å². The summed E-state index contributed by atoms with van der Waals surface area (Å²) >= 11 is 0. The SMILES string of the molecule is O=C(C=Cc1ccco1)NCCn1nc(-c2ccncc2)c2c1CCCC2. The van der Waals surface area contributed by atoms with E-state index in [9.17, 15) is 4.79 Å². The third kappa shape index (κ3) is 4.00. The smallest absolute Gasteiger partial charge is 0.244 e. The fraction of sp³-hybridized carbons (Fsp3) is 0.286.